The molecule has 0 radical (unpaired) electrons. The molecule has 2 aromatic rings. The number of nitrogen functional groups attached to an aromatic ring is 1. The molecule has 6 nitrogen and oxygen atoms in total. The van der Waals surface area contributed by atoms with Crippen LogP contribution in [0, 0.1) is 6.92 Å². The van der Waals surface area contributed by atoms with Gasteiger partial charge in [0.15, 0.2) is 0 Å². The maximum atomic E-state index is 11.8. The first-order valence-corrected chi connectivity index (χ1v) is 5.19. The van der Waals surface area contributed by atoms with Crippen LogP contribution in [0.15, 0.2) is 18.2 Å². The standard InChI is InChI=1S/C10H10ClN5O/c1-5-6(2-3-8(11)13-5)14-10(17)7-4-9(12)16-15-7/h2-4H,1H3,(H,14,17)(H3,12,15,16). The summed E-state index contributed by atoms with van der Waals surface area (Å²) in [5.41, 5.74) is 6.92. The first-order chi connectivity index (χ1) is 8.06. The van der Waals surface area contributed by atoms with Gasteiger partial charge in [-0.1, -0.05) is 11.6 Å². The second-order valence-corrected chi connectivity index (χ2v) is 3.81. The number of hydrogen-bond acceptors (Lipinski definition) is 4. The van der Waals surface area contributed by atoms with E-state index < -0.39 is 0 Å². The molecule has 0 aliphatic carbocycles. The van der Waals surface area contributed by atoms with Gasteiger partial charge >= 0.3 is 0 Å². The first kappa shape index (κ1) is 11.4. The van der Waals surface area contributed by atoms with Gasteiger partial charge in [-0.15, -0.1) is 0 Å². The van der Waals surface area contributed by atoms with Crippen molar-refractivity contribution in [3.63, 3.8) is 0 Å². The molecule has 0 unspecified atom stereocenters. The predicted molar refractivity (Wildman–Crippen MR) is 64.9 cm³/mol. The minimum atomic E-state index is -0.332. The number of aryl methyl sites for hydroxylation is 1. The highest BCUT2D eigenvalue weighted by atomic mass is 35.5. The van der Waals surface area contributed by atoms with E-state index in [9.17, 15) is 4.79 Å². The van der Waals surface area contributed by atoms with Gasteiger partial charge in [0.1, 0.15) is 16.7 Å². The lowest BCUT2D eigenvalue weighted by Crippen LogP contribution is -2.13. The Kier molecular flexibility index (Phi) is 2.97. The number of anilines is 2. The van der Waals surface area contributed by atoms with Gasteiger partial charge in [-0.05, 0) is 19.1 Å². The van der Waals surface area contributed by atoms with Crippen LogP contribution >= 0.6 is 11.6 Å². The van der Waals surface area contributed by atoms with Gasteiger partial charge in [-0.2, -0.15) is 5.10 Å². The molecule has 88 valence electrons. The number of aromatic amines is 1. The summed E-state index contributed by atoms with van der Waals surface area (Å²) < 4.78 is 0. The molecular weight excluding hydrogens is 242 g/mol. The lowest BCUT2D eigenvalue weighted by Gasteiger charge is -2.06. The number of carbonyl (C=O) groups is 1. The fourth-order valence-corrected chi connectivity index (χ4v) is 1.50. The van der Waals surface area contributed by atoms with Crippen molar-refractivity contribution in [1.82, 2.24) is 15.2 Å². The number of H-pyrrole nitrogens is 1. The topological polar surface area (TPSA) is 96.7 Å². The molecule has 17 heavy (non-hydrogen) atoms. The Hall–Kier alpha value is -2.08. The second-order valence-electron chi connectivity index (χ2n) is 3.43. The molecule has 0 bridgehead atoms. The van der Waals surface area contributed by atoms with Crippen LogP contribution < -0.4 is 11.1 Å². The number of carbonyl (C=O) groups excluding carboxylic acids is 1. The van der Waals surface area contributed by atoms with Crippen LogP contribution in [-0.2, 0) is 0 Å². The number of nitrogens with zero attached hydrogens (tertiary/aromatic N) is 2. The summed E-state index contributed by atoms with van der Waals surface area (Å²) in [4.78, 5) is 15.8. The lowest BCUT2D eigenvalue weighted by molar-refractivity contribution is 0.102. The Morgan fingerprint density at radius 3 is 2.88 bits per heavy atom. The lowest BCUT2D eigenvalue weighted by atomic mass is 10.3. The summed E-state index contributed by atoms with van der Waals surface area (Å²) in [6.45, 7) is 1.75. The summed E-state index contributed by atoms with van der Waals surface area (Å²) in [6, 6.07) is 4.74. The molecule has 7 heteroatoms. The van der Waals surface area contributed by atoms with E-state index in [1.54, 1.807) is 19.1 Å². The van der Waals surface area contributed by atoms with Gasteiger partial charge in [0.05, 0.1) is 11.4 Å². The van der Waals surface area contributed by atoms with Gasteiger partial charge in [-0.3, -0.25) is 9.89 Å². The molecule has 0 aromatic carbocycles. The van der Waals surface area contributed by atoms with E-state index >= 15 is 0 Å². The van der Waals surface area contributed by atoms with Crippen LogP contribution in [0.2, 0.25) is 5.15 Å². The van der Waals surface area contributed by atoms with E-state index in [4.69, 9.17) is 17.3 Å². The number of hydrogen-bond donors (Lipinski definition) is 3. The molecule has 0 spiro atoms. The van der Waals surface area contributed by atoms with Crippen LogP contribution in [0.4, 0.5) is 11.5 Å². The molecular formula is C10H10ClN5O. The zero-order valence-corrected chi connectivity index (χ0v) is 9.75. The number of pyridine rings is 1. The number of nitrogens with two attached hydrogens (primary N) is 1. The zero-order valence-electron chi connectivity index (χ0n) is 8.99. The average Bonchev–Trinajstić information content (AvgIpc) is 2.69. The molecule has 2 rings (SSSR count). The van der Waals surface area contributed by atoms with Gasteiger partial charge < -0.3 is 11.1 Å². The SMILES string of the molecule is Cc1nc(Cl)ccc1NC(=O)c1cc(N)n[nH]1. The van der Waals surface area contributed by atoms with Crippen molar-refractivity contribution in [3.8, 4) is 0 Å². The molecule has 0 aliphatic heterocycles. The maximum Gasteiger partial charge on any atom is 0.273 e. The van der Waals surface area contributed by atoms with E-state index in [0.717, 1.165) is 0 Å². The van der Waals surface area contributed by atoms with Gasteiger partial charge in [-0.25, -0.2) is 4.98 Å². The minimum absolute atomic E-state index is 0.265. The van der Waals surface area contributed by atoms with E-state index in [-0.39, 0.29) is 17.4 Å². The molecule has 0 atom stereocenters. The van der Waals surface area contributed by atoms with Crippen molar-refractivity contribution in [2.24, 2.45) is 0 Å². The number of halogens is 1. The van der Waals surface area contributed by atoms with Crippen molar-refractivity contribution in [3.05, 3.63) is 34.7 Å². The molecule has 0 fully saturated rings. The molecule has 0 saturated heterocycles. The second kappa shape index (κ2) is 4.42. The molecule has 0 saturated carbocycles. The Balaban J connectivity index is 2.18. The Bertz CT molecular complexity index is 566. The molecule has 2 heterocycles. The van der Waals surface area contributed by atoms with Crippen LogP contribution in [0.25, 0.3) is 0 Å². The highest BCUT2D eigenvalue weighted by Gasteiger charge is 2.10. The molecule has 0 aliphatic rings. The monoisotopic (exact) mass is 251 g/mol. The van der Waals surface area contributed by atoms with Gasteiger partial charge in [0.25, 0.3) is 5.91 Å². The Labute approximate surface area is 102 Å². The van der Waals surface area contributed by atoms with Crippen molar-refractivity contribution in [1.29, 1.82) is 0 Å². The molecule has 4 N–H and O–H groups in total. The third kappa shape index (κ3) is 2.54. The largest absolute Gasteiger partial charge is 0.382 e. The number of nitrogens with one attached hydrogen (secondary N) is 2. The first-order valence-electron chi connectivity index (χ1n) is 4.81. The molecule has 2 aromatic heterocycles. The quantitative estimate of drug-likeness (QED) is 0.706. The highest BCUT2D eigenvalue weighted by molar-refractivity contribution is 6.29. The smallest absolute Gasteiger partial charge is 0.273 e. The van der Waals surface area contributed by atoms with Crippen molar-refractivity contribution < 1.29 is 4.79 Å². The van der Waals surface area contributed by atoms with Gasteiger partial charge in [0.2, 0.25) is 0 Å². The van der Waals surface area contributed by atoms with E-state index in [0.29, 0.717) is 16.5 Å². The summed E-state index contributed by atoms with van der Waals surface area (Å²) >= 11 is 5.72. The van der Waals surface area contributed by atoms with Crippen LogP contribution in [0.3, 0.4) is 0 Å². The predicted octanol–water partition coefficient (Wildman–Crippen LogP) is 1.60. The maximum absolute atomic E-state index is 11.8. The third-order valence-electron chi connectivity index (χ3n) is 2.14. The van der Waals surface area contributed by atoms with Crippen LogP contribution in [0.1, 0.15) is 16.2 Å². The van der Waals surface area contributed by atoms with E-state index in [1.807, 2.05) is 0 Å². The summed E-state index contributed by atoms with van der Waals surface area (Å²) in [6.07, 6.45) is 0. The highest BCUT2D eigenvalue weighted by Crippen LogP contribution is 2.16. The number of aromatic nitrogens is 3. The average molecular weight is 252 g/mol. The van der Waals surface area contributed by atoms with Crippen molar-refractivity contribution >= 4 is 29.0 Å². The zero-order chi connectivity index (χ0) is 12.4. The number of amides is 1. The summed E-state index contributed by atoms with van der Waals surface area (Å²) in [5.74, 6) is -0.0671. The van der Waals surface area contributed by atoms with Crippen LogP contribution in [0.5, 0.6) is 0 Å². The van der Waals surface area contributed by atoms with Gasteiger partial charge in [0, 0.05) is 6.07 Å². The fourth-order valence-electron chi connectivity index (χ4n) is 1.31. The minimum Gasteiger partial charge on any atom is -0.382 e. The normalized spacial score (nSPS) is 10.2. The summed E-state index contributed by atoms with van der Waals surface area (Å²) in [7, 11) is 0. The fraction of sp³-hybridized carbons (Fsp3) is 0.100. The van der Waals surface area contributed by atoms with E-state index in [2.05, 4.69) is 20.5 Å². The summed E-state index contributed by atoms with van der Waals surface area (Å²) in [5, 5.41) is 9.25. The third-order valence-corrected chi connectivity index (χ3v) is 2.35. The number of rotatable bonds is 2. The Morgan fingerprint density at radius 2 is 2.29 bits per heavy atom. The Morgan fingerprint density at radius 1 is 1.53 bits per heavy atom. The van der Waals surface area contributed by atoms with Crippen molar-refractivity contribution in [2.45, 2.75) is 6.92 Å². The molecule has 1 amide bonds. The van der Waals surface area contributed by atoms with Crippen LogP contribution in [-0.4, -0.2) is 21.1 Å². The van der Waals surface area contributed by atoms with E-state index in [1.165, 1.54) is 6.07 Å². The van der Waals surface area contributed by atoms with Crippen molar-refractivity contribution in [2.75, 3.05) is 11.1 Å².